The minimum absolute atomic E-state index is 0.602. The lowest BCUT2D eigenvalue weighted by molar-refractivity contribution is 0.670. The molecule has 5 heteroatoms. The first-order chi connectivity index (χ1) is 25.2. The van der Waals surface area contributed by atoms with E-state index >= 15 is 0 Å². The van der Waals surface area contributed by atoms with E-state index in [0.717, 1.165) is 72.0 Å². The molecule has 0 N–H and O–H groups in total. The average Bonchev–Trinajstić information content (AvgIpc) is 3.60. The molecule has 5 nitrogen and oxygen atoms in total. The molecule has 51 heavy (non-hydrogen) atoms. The summed E-state index contributed by atoms with van der Waals surface area (Å²) < 4.78 is 6.60. The van der Waals surface area contributed by atoms with Gasteiger partial charge < -0.3 is 4.42 Å². The largest absolute Gasteiger partial charge is 0.455 e. The van der Waals surface area contributed by atoms with E-state index in [9.17, 15) is 5.26 Å². The number of fused-ring (bicyclic) bond motifs is 3. The molecule has 0 amide bonds. The monoisotopic (exact) mass is 652 g/mol. The maximum absolute atomic E-state index is 9.69. The molecule has 0 spiro atoms. The van der Waals surface area contributed by atoms with Crippen molar-refractivity contribution in [2.75, 3.05) is 0 Å². The molecule has 0 saturated carbocycles. The first-order valence-corrected chi connectivity index (χ1v) is 16.8. The fourth-order valence-electron chi connectivity index (χ4n) is 6.70. The van der Waals surface area contributed by atoms with E-state index in [1.165, 1.54) is 0 Å². The van der Waals surface area contributed by atoms with Crippen LogP contribution >= 0.6 is 0 Å². The van der Waals surface area contributed by atoms with E-state index < -0.39 is 0 Å². The van der Waals surface area contributed by atoms with Gasteiger partial charge in [0.25, 0.3) is 0 Å². The zero-order valence-corrected chi connectivity index (χ0v) is 27.4. The molecule has 7 aromatic carbocycles. The summed E-state index contributed by atoms with van der Waals surface area (Å²) in [6, 6.07) is 59.3. The third-order valence-electron chi connectivity index (χ3n) is 9.23. The Bertz CT molecular complexity index is 2670. The van der Waals surface area contributed by atoms with Crippen molar-refractivity contribution >= 4 is 21.9 Å². The Kier molecular flexibility index (Phi) is 7.46. The molecule has 0 atom stereocenters. The Morgan fingerprint density at radius 1 is 0.392 bits per heavy atom. The van der Waals surface area contributed by atoms with E-state index in [2.05, 4.69) is 72.8 Å². The molecule has 0 radical (unpaired) electrons. The van der Waals surface area contributed by atoms with Gasteiger partial charge in [-0.2, -0.15) is 5.26 Å². The molecule has 9 rings (SSSR count). The number of hydrogen-bond acceptors (Lipinski definition) is 5. The molecule has 0 fully saturated rings. The third-order valence-corrected chi connectivity index (χ3v) is 9.23. The van der Waals surface area contributed by atoms with Gasteiger partial charge >= 0.3 is 0 Å². The molecule has 238 valence electrons. The van der Waals surface area contributed by atoms with Gasteiger partial charge in [0.15, 0.2) is 17.5 Å². The molecule has 0 saturated heterocycles. The number of nitrogens with zero attached hydrogens (tertiary/aromatic N) is 4. The van der Waals surface area contributed by atoms with Crippen LogP contribution in [-0.2, 0) is 0 Å². The topological polar surface area (TPSA) is 75.6 Å². The summed E-state index contributed by atoms with van der Waals surface area (Å²) in [6.45, 7) is 0. The summed E-state index contributed by atoms with van der Waals surface area (Å²) in [6.07, 6.45) is 0. The highest BCUT2D eigenvalue weighted by atomic mass is 16.3. The van der Waals surface area contributed by atoms with Gasteiger partial charge in [-0.25, -0.2) is 15.0 Å². The molecule has 9 aromatic rings. The Morgan fingerprint density at radius 2 is 0.882 bits per heavy atom. The highest BCUT2D eigenvalue weighted by Gasteiger charge is 2.19. The first-order valence-electron chi connectivity index (χ1n) is 16.8. The lowest BCUT2D eigenvalue weighted by Crippen LogP contribution is -2.00. The molecule has 0 aliphatic heterocycles. The van der Waals surface area contributed by atoms with Crippen molar-refractivity contribution in [3.63, 3.8) is 0 Å². The number of benzene rings is 7. The molecule has 2 heterocycles. The minimum atomic E-state index is 0.602. The Hall–Kier alpha value is -7.16. The van der Waals surface area contributed by atoms with Gasteiger partial charge in [0.05, 0.1) is 11.6 Å². The van der Waals surface area contributed by atoms with Gasteiger partial charge in [0, 0.05) is 33.0 Å². The van der Waals surface area contributed by atoms with Crippen LogP contribution in [0.2, 0.25) is 0 Å². The maximum Gasteiger partial charge on any atom is 0.164 e. The summed E-state index contributed by atoms with van der Waals surface area (Å²) >= 11 is 0. The van der Waals surface area contributed by atoms with Crippen LogP contribution < -0.4 is 0 Å². The van der Waals surface area contributed by atoms with Crippen LogP contribution in [0.4, 0.5) is 0 Å². The van der Waals surface area contributed by atoms with Gasteiger partial charge in [0.1, 0.15) is 11.2 Å². The van der Waals surface area contributed by atoms with Crippen LogP contribution in [0.5, 0.6) is 0 Å². The van der Waals surface area contributed by atoms with Crippen LogP contribution in [0.15, 0.2) is 174 Å². The van der Waals surface area contributed by atoms with Gasteiger partial charge in [-0.3, -0.25) is 0 Å². The predicted molar refractivity (Wildman–Crippen MR) is 204 cm³/mol. The normalized spacial score (nSPS) is 11.1. The van der Waals surface area contributed by atoms with Crippen LogP contribution in [-0.4, -0.2) is 15.0 Å². The number of para-hydroxylation sites is 1. The molecule has 0 unspecified atom stereocenters. The second-order valence-corrected chi connectivity index (χ2v) is 12.3. The van der Waals surface area contributed by atoms with Gasteiger partial charge in [-0.1, -0.05) is 152 Å². The molecular weight excluding hydrogens is 625 g/mol. The number of aromatic nitrogens is 3. The van der Waals surface area contributed by atoms with Crippen molar-refractivity contribution in [3.05, 3.63) is 175 Å². The fourth-order valence-corrected chi connectivity index (χ4v) is 6.70. The van der Waals surface area contributed by atoms with Crippen molar-refractivity contribution in [2.24, 2.45) is 0 Å². The lowest BCUT2D eigenvalue weighted by atomic mass is 9.91. The van der Waals surface area contributed by atoms with Gasteiger partial charge in [-0.15, -0.1) is 0 Å². The van der Waals surface area contributed by atoms with E-state index in [4.69, 9.17) is 19.4 Å². The van der Waals surface area contributed by atoms with Crippen molar-refractivity contribution in [1.29, 1.82) is 5.26 Å². The van der Waals surface area contributed by atoms with Crippen molar-refractivity contribution in [1.82, 2.24) is 15.0 Å². The molecule has 2 aromatic heterocycles. The van der Waals surface area contributed by atoms with Crippen molar-refractivity contribution in [2.45, 2.75) is 0 Å². The highest BCUT2D eigenvalue weighted by Crippen LogP contribution is 2.43. The van der Waals surface area contributed by atoms with E-state index in [1.54, 1.807) is 0 Å². The average molecular weight is 653 g/mol. The first kappa shape index (κ1) is 29.9. The summed E-state index contributed by atoms with van der Waals surface area (Å²) in [5, 5.41) is 11.8. The van der Waals surface area contributed by atoms with E-state index in [1.807, 2.05) is 103 Å². The second-order valence-electron chi connectivity index (χ2n) is 12.3. The Morgan fingerprint density at radius 3 is 1.51 bits per heavy atom. The van der Waals surface area contributed by atoms with Crippen molar-refractivity contribution < 1.29 is 4.42 Å². The minimum Gasteiger partial charge on any atom is -0.455 e. The number of nitriles is 1. The summed E-state index contributed by atoms with van der Waals surface area (Å²) in [4.78, 5) is 14.7. The summed E-state index contributed by atoms with van der Waals surface area (Å²) in [7, 11) is 0. The zero-order chi connectivity index (χ0) is 34.1. The highest BCUT2D eigenvalue weighted by molar-refractivity contribution is 6.12. The number of rotatable bonds is 6. The van der Waals surface area contributed by atoms with E-state index in [-0.39, 0.29) is 0 Å². The van der Waals surface area contributed by atoms with Gasteiger partial charge in [0.2, 0.25) is 0 Å². The van der Waals surface area contributed by atoms with Crippen LogP contribution in [0, 0.1) is 11.3 Å². The smallest absolute Gasteiger partial charge is 0.164 e. The van der Waals surface area contributed by atoms with Crippen LogP contribution in [0.3, 0.4) is 0 Å². The van der Waals surface area contributed by atoms with Gasteiger partial charge in [-0.05, 0) is 46.0 Å². The molecule has 0 aliphatic rings. The fraction of sp³-hybridized carbons (Fsp3) is 0. The second kappa shape index (κ2) is 12.7. The third kappa shape index (κ3) is 5.51. The molecule has 0 bridgehead atoms. The maximum atomic E-state index is 9.69. The molecular formula is C46H28N4O. The lowest BCUT2D eigenvalue weighted by Gasteiger charge is -2.13. The standard InChI is InChI=1S/C46H28N4O/c47-29-36-15-7-8-16-37(36)30-19-21-31(22-20-30)38-27-28-40-39-17-9-10-18-41(39)51-43(40)42(38)32-23-25-35(26-24-32)46-49-44(33-11-3-1-4-12-33)48-45(50-46)34-13-5-2-6-14-34/h1-28H. The number of furan rings is 1. The summed E-state index contributed by atoms with van der Waals surface area (Å²) in [5.74, 6) is 1.85. The Balaban J connectivity index is 1.18. The van der Waals surface area contributed by atoms with E-state index in [0.29, 0.717) is 23.0 Å². The SMILES string of the molecule is N#Cc1ccccc1-c1ccc(-c2ccc3c(oc4ccccc43)c2-c2ccc(-c3nc(-c4ccccc4)nc(-c4ccccc4)n3)cc2)cc1. The quantitative estimate of drug-likeness (QED) is 0.179. The predicted octanol–water partition coefficient (Wildman–Crippen LogP) is 11.6. The number of hydrogen-bond donors (Lipinski definition) is 0. The van der Waals surface area contributed by atoms with Crippen LogP contribution in [0.1, 0.15) is 5.56 Å². The summed E-state index contributed by atoms with van der Waals surface area (Å²) in [5.41, 5.74) is 11.1. The zero-order valence-electron chi connectivity index (χ0n) is 27.4. The van der Waals surface area contributed by atoms with Crippen molar-refractivity contribution in [3.8, 4) is 73.6 Å². The Labute approximate surface area is 294 Å². The van der Waals surface area contributed by atoms with Crippen LogP contribution in [0.25, 0.3) is 89.5 Å². The molecule has 0 aliphatic carbocycles.